The van der Waals surface area contributed by atoms with E-state index in [9.17, 15) is 9.90 Å². The normalized spacial score (nSPS) is 23.1. The van der Waals surface area contributed by atoms with Crippen LogP contribution in [0.15, 0.2) is 36.4 Å². The summed E-state index contributed by atoms with van der Waals surface area (Å²) in [5.74, 6) is 1.38. The summed E-state index contributed by atoms with van der Waals surface area (Å²) in [6.45, 7) is 9.94. The second-order valence-electron chi connectivity index (χ2n) is 10.8. The van der Waals surface area contributed by atoms with Gasteiger partial charge in [0.15, 0.2) is 11.3 Å². The van der Waals surface area contributed by atoms with Crippen LogP contribution in [0.1, 0.15) is 55.2 Å². The number of rotatable bonds is 6. The van der Waals surface area contributed by atoms with Crippen molar-refractivity contribution in [2.45, 2.75) is 39.0 Å². The summed E-state index contributed by atoms with van der Waals surface area (Å²) in [5.41, 5.74) is 3.78. The van der Waals surface area contributed by atoms with E-state index in [-0.39, 0.29) is 5.69 Å². The second-order valence-corrected chi connectivity index (χ2v) is 10.8. The summed E-state index contributed by atoms with van der Waals surface area (Å²) < 4.78 is 1.86. The number of para-hydroxylation sites is 1. The predicted molar refractivity (Wildman–Crippen MR) is 133 cm³/mol. The average molecular weight is 460 g/mol. The molecule has 7 heteroatoms. The van der Waals surface area contributed by atoms with Crippen LogP contribution in [0.5, 0.6) is 0 Å². The maximum atomic E-state index is 12.1. The topological polar surface area (TPSA) is 74.5 Å². The summed E-state index contributed by atoms with van der Waals surface area (Å²) >= 11 is 0. The van der Waals surface area contributed by atoms with Gasteiger partial charge in [0.2, 0.25) is 0 Å². The largest absolute Gasteiger partial charge is 0.477 e. The molecule has 178 valence electrons. The summed E-state index contributed by atoms with van der Waals surface area (Å²) in [5, 5.41) is 16.0. The summed E-state index contributed by atoms with van der Waals surface area (Å²) in [4.78, 5) is 21.8. The number of nitrogens with zero attached hydrogens (tertiary/aromatic N) is 5. The Morgan fingerprint density at radius 1 is 1.09 bits per heavy atom. The number of anilines is 1. The number of benzene rings is 1. The highest BCUT2D eigenvalue weighted by Gasteiger charge is 2.41. The number of aromatic nitrogens is 3. The van der Waals surface area contributed by atoms with Gasteiger partial charge in [-0.15, -0.1) is 0 Å². The molecule has 1 aliphatic carbocycles. The zero-order valence-corrected chi connectivity index (χ0v) is 20.0. The van der Waals surface area contributed by atoms with Gasteiger partial charge in [-0.05, 0) is 48.8 Å². The van der Waals surface area contributed by atoms with Gasteiger partial charge in [0.25, 0.3) is 0 Å². The van der Waals surface area contributed by atoms with E-state index >= 15 is 0 Å². The van der Waals surface area contributed by atoms with E-state index in [1.807, 2.05) is 35.0 Å². The number of carboxylic acids is 1. The molecule has 3 aromatic rings. The molecule has 0 radical (unpaired) electrons. The third kappa shape index (κ3) is 3.66. The molecule has 0 unspecified atom stereocenters. The van der Waals surface area contributed by atoms with Crippen molar-refractivity contribution in [3.8, 4) is 5.69 Å². The van der Waals surface area contributed by atoms with Crippen LogP contribution in [0.4, 0.5) is 5.69 Å². The number of likely N-dealkylation sites (tertiary alicyclic amines) is 1. The van der Waals surface area contributed by atoms with Crippen molar-refractivity contribution in [1.82, 2.24) is 19.7 Å². The van der Waals surface area contributed by atoms with Crippen LogP contribution >= 0.6 is 0 Å². The zero-order chi connectivity index (χ0) is 23.4. The number of fused-ring (bicyclic) bond motifs is 2. The quantitative estimate of drug-likeness (QED) is 0.589. The lowest BCUT2D eigenvalue weighted by atomic mass is 9.82. The number of carbonyl (C=O) groups is 1. The van der Waals surface area contributed by atoms with Crippen molar-refractivity contribution in [3.05, 3.63) is 47.8 Å². The lowest BCUT2D eigenvalue weighted by Gasteiger charge is -2.27. The Hall–Kier alpha value is -2.93. The summed E-state index contributed by atoms with van der Waals surface area (Å²) in [6, 6.07) is 11.8. The second kappa shape index (κ2) is 8.38. The molecule has 2 saturated heterocycles. The fraction of sp³-hybridized carbons (Fsp3) is 0.519. The van der Waals surface area contributed by atoms with Gasteiger partial charge in [0, 0.05) is 38.6 Å². The first-order chi connectivity index (χ1) is 16.5. The maximum Gasteiger partial charge on any atom is 0.354 e. The zero-order valence-electron chi connectivity index (χ0n) is 20.0. The van der Waals surface area contributed by atoms with Crippen molar-refractivity contribution < 1.29 is 9.90 Å². The SMILES string of the molecule is CC(C)CN1C[C@@H]2CN(c3cc(C(=O)O)nc4c3c(C3CCC3)nn4-c3ccccc3)C[C@@H]2C1. The van der Waals surface area contributed by atoms with Crippen LogP contribution < -0.4 is 4.90 Å². The van der Waals surface area contributed by atoms with E-state index in [2.05, 4.69) is 28.6 Å². The van der Waals surface area contributed by atoms with Gasteiger partial charge in [0.1, 0.15) is 0 Å². The third-order valence-corrected chi connectivity index (χ3v) is 7.88. The minimum atomic E-state index is -0.989. The van der Waals surface area contributed by atoms with Gasteiger partial charge >= 0.3 is 5.97 Å². The van der Waals surface area contributed by atoms with E-state index in [0.717, 1.165) is 68.0 Å². The maximum absolute atomic E-state index is 12.1. The van der Waals surface area contributed by atoms with Crippen molar-refractivity contribution in [1.29, 1.82) is 0 Å². The van der Waals surface area contributed by atoms with E-state index in [4.69, 9.17) is 5.10 Å². The molecule has 0 spiro atoms. The van der Waals surface area contributed by atoms with Crippen LogP contribution in [0.25, 0.3) is 16.7 Å². The van der Waals surface area contributed by atoms with Gasteiger partial charge in [-0.2, -0.15) is 5.10 Å². The van der Waals surface area contributed by atoms with Gasteiger partial charge in [-0.1, -0.05) is 38.5 Å². The Morgan fingerprint density at radius 2 is 1.79 bits per heavy atom. The van der Waals surface area contributed by atoms with Gasteiger partial charge < -0.3 is 14.9 Å². The van der Waals surface area contributed by atoms with Crippen molar-refractivity contribution >= 4 is 22.7 Å². The van der Waals surface area contributed by atoms with Crippen molar-refractivity contribution in [2.75, 3.05) is 37.6 Å². The Morgan fingerprint density at radius 3 is 2.38 bits per heavy atom. The molecule has 2 atom stereocenters. The molecule has 3 aliphatic rings. The molecule has 4 heterocycles. The summed E-state index contributed by atoms with van der Waals surface area (Å²) in [7, 11) is 0. The molecule has 34 heavy (non-hydrogen) atoms. The molecule has 2 aliphatic heterocycles. The monoisotopic (exact) mass is 459 g/mol. The number of hydrogen-bond acceptors (Lipinski definition) is 5. The highest BCUT2D eigenvalue weighted by Crippen LogP contribution is 2.44. The predicted octanol–water partition coefficient (Wildman–Crippen LogP) is 4.41. The van der Waals surface area contributed by atoms with Gasteiger partial charge in [-0.25, -0.2) is 14.5 Å². The highest BCUT2D eigenvalue weighted by molar-refractivity contribution is 5.98. The van der Waals surface area contributed by atoms with Crippen LogP contribution in [-0.4, -0.2) is 63.5 Å². The van der Waals surface area contributed by atoms with Crippen LogP contribution in [-0.2, 0) is 0 Å². The number of hydrogen-bond donors (Lipinski definition) is 1. The molecular formula is C27H33N5O2. The first kappa shape index (κ1) is 21.6. The first-order valence-corrected chi connectivity index (χ1v) is 12.7. The molecule has 2 aromatic heterocycles. The Bertz CT molecular complexity index is 1200. The fourth-order valence-corrected chi connectivity index (χ4v) is 6.15. The molecule has 1 aromatic carbocycles. The third-order valence-electron chi connectivity index (χ3n) is 7.88. The summed E-state index contributed by atoms with van der Waals surface area (Å²) in [6.07, 6.45) is 3.49. The number of aromatic carboxylic acids is 1. The molecule has 3 fully saturated rings. The Kier molecular flexibility index (Phi) is 5.32. The van der Waals surface area contributed by atoms with Crippen LogP contribution in [0, 0.1) is 17.8 Å². The Balaban J connectivity index is 1.44. The molecule has 1 N–H and O–H groups in total. The van der Waals surface area contributed by atoms with E-state index < -0.39 is 5.97 Å². The van der Waals surface area contributed by atoms with Crippen molar-refractivity contribution in [2.24, 2.45) is 17.8 Å². The lowest BCUT2D eigenvalue weighted by Crippen LogP contribution is -2.31. The first-order valence-electron chi connectivity index (χ1n) is 12.7. The van der Waals surface area contributed by atoms with E-state index in [1.54, 1.807) is 6.07 Å². The minimum absolute atomic E-state index is 0.0956. The highest BCUT2D eigenvalue weighted by atomic mass is 16.4. The standard InChI is InChI=1S/C27H33N5O2/c1-17(2)12-30-13-19-15-31(16-20(19)14-30)23-11-22(27(33)34)28-26-24(23)25(18-7-6-8-18)29-32(26)21-9-4-3-5-10-21/h3-5,9-11,17-20H,6-8,12-16H2,1-2H3,(H,33,34)/t19-,20+. The molecule has 6 rings (SSSR count). The smallest absolute Gasteiger partial charge is 0.354 e. The molecule has 0 amide bonds. The van der Waals surface area contributed by atoms with Crippen LogP contribution in [0.3, 0.4) is 0 Å². The number of pyridine rings is 1. The van der Waals surface area contributed by atoms with Gasteiger partial charge in [-0.3, -0.25) is 0 Å². The fourth-order valence-electron chi connectivity index (χ4n) is 6.15. The average Bonchev–Trinajstić information content (AvgIpc) is 3.44. The Labute approximate surface area is 200 Å². The molecule has 7 nitrogen and oxygen atoms in total. The van der Waals surface area contributed by atoms with Crippen LogP contribution in [0.2, 0.25) is 0 Å². The van der Waals surface area contributed by atoms with Gasteiger partial charge in [0.05, 0.1) is 22.5 Å². The number of carboxylic acid groups (broad SMARTS) is 1. The van der Waals surface area contributed by atoms with E-state index in [0.29, 0.717) is 29.3 Å². The molecule has 0 bridgehead atoms. The lowest BCUT2D eigenvalue weighted by molar-refractivity contribution is 0.0691. The van der Waals surface area contributed by atoms with E-state index in [1.165, 1.54) is 6.42 Å². The molecular weight excluding hydrogens is 426 g/mol. The minimum Gasteiger partial charge on any atom is -0.477 e. The van der Waals surface area contributed by atoms with Crippen molar-refractivity contribution in [3.63, 3.8) is 0 Å². The molecule has 1 saturated carbocycles.